The van der Waals surface area contributed by atoms with Crippen LogP contribution < -0.4 is 29.1 Å². The molecule has 9 atom stereocenters. The molecule has 16 nitrogen and oxygen atoms in total. The molecule has 16 heteroatoms. The third-order valence-corrected chi connectivity index (χ3v) is 7.74. The van der Waals surface area contributed by atoms with Crippen molar-refractivity contribution in [2.24, 2.45) is 0 Å². The molecule has 46 heavy (non-hydrogen) atoms. The highest BCUT2D eigenvalue weighted by molar-refractivity contribution is 5.86. The zero-order valence-electron chi connectivity index (χ0n) is 25.3. The molecule has 1 aromatic heterocycles. The van der Waals surface area contributed by atoms with Crippen LogP contribution in [0.2, 0.25) is 0 Å². The third-order valence-electron chi connectivity index (χ3n) is 7.74. The molecule has 6 N–H and O–H groups in total. The largest absolute Gasteiger partial charge is 0.496 e. The first-order valence-corrected chi connectivity index (χ1v) is 14.1. The van der Waals surface area contributed by atoms with Crippen LogP contribution in [0.3, 0.4) is 0 Å². The van der Waals surface area contributed by atoms with Gasteiger partial charge in [-0.15, -0.1) is 0 Å². The minimum atomic E-state index is -1.79. The fourth-order valence-electron chi connectivity index (χ4n) is 5.20. The second-order valence-corrected chi connectivity index (χ2v) is 10.6. The van der Waals surface area contributed by atoms with Crippen molar-refractivity contribution >= 4 is 11.0 Å². The summed E-state index contributed by atoms with van der Waals surface area (Å²) in [7, 11) is 5.73. The summed E-state index contributed by atoms with van der Waals surface area (Å²) in [5, 5.41) is 61.5. The monoisotopic (exact) mass is 652 g/mol. The van der Waals surface area contributed by atoms with Crippen molar-refractivity contribution in [2.75, 3.05) is 41.7 Å². The van der Waals surface area contributed by atoms with Gasteiger partial charge >= 0.3 is 0 Å². The lowest BCUT2D eigenvalue weighted by Gasteiger charge is -2.41. The van der Waals surface area contributed by atoms with Crippen LogP contribution in [0.1, 0.15) is 0 Å². The van der Waals surface area contributed by atoms with Gasteiger partial charge in [0.05, 0.1) is 41.7 Å². The summed E-state index contributed by atoms with van der Waals surface area (Å²) >= 11 is 0. The number of hydrogen-bond donors (Lipinski definition) is 6. The Labute approximate surface area is 261 Å². The van der Waals surface area contributed by atoms with E-state index in [0.29, 0.717) is 22.8 Å². The van der Waals surface area contributed by atoms with Gasteiger partial charge in [0.15, 0.2) is 23.2 Å². The molecule has 5 rings (SSSR count). The van der Waals surface area contributed by atoms with E-state index in [-0.39, 0.29) is 34.8 Å². The van der Waals surface area contributed by atoms with Crippen LogP contribution >= 0.6 is 0 Å². The molecule has 0 bridgehead atoms. The first kappa shape index (κ1) is 33.6. The van der Waals surface area contributed by atoms with Gasteiger partial charge in [0.1, 0.15) is 71.0 Å². The first-order chi connectivity index (χ1) is 22.0. The van der Waals surface area contributed by atoms with Gasteiger partial charge in [-0.2, -0.15) is 0 Å². The molecular weight excluding hydrogens is 616 g/mol. The van der Waals surface area contributed by atoms with Crippen molar-refractivity contribution in [1.82, 2.24) is 0 Å². The minimum absolute atomic E-state index is 0.0422. The molecular formula is C30H36O16. The second-order valence-electron chi connectivity index (χ2n) is 10.6. The first-order valence-electron chi connectivity index (χ1n) is 14.1. The summed E-state index contributed by atoms with van der Waals surface area (Å²) in [6.45, 7) is -0.814. The fraction of sp³-hybridized carbons (Fsp3) is 0.500. The number of fused-ring (bicyclic) bond motifs is 1. The van der Waals surface area contributed by atoms with Crippen LogP contribution in [0, 0.1) is 0 Å². The number of methoxy groups -OCH3 is 4. The smallest absolute Gasteiger partial charge is 0.229 e. The topological polar surface area (TPSA) is 225 Å². The van der Waals surface area contributed by atoms with E-state index in [1.165, 1.54) is 46.6 Å². The molecule has 2 aliphatic heterocycles. The van der Waals surface area contributed by atoms with E-state index < -0.39 is 67.3 Å². The van der Waals surface area contributed by atoms with Gasteiger partial charge < -0.3 is 73.0 Å². The molecule has 0 aliphatic carbocycles. The highest BCUT2D eigenvalue weighted by atomic mass is 16.7. The molecule has 0 spiro atoms. The highest BCUT2D eigenvalue weighted by Gasteiger charge is 2.46. The van der Waals surface area contributed by atoms with Gasteiger partial charge in [-0.25, -0.2) is 0 Å². The molecule has 2 aromatic carbocycles. The Hall–Kier alpha value is -3.71. The van der Waals surface area contributed by atoms with Gasteiger partial charge in [-0.05, 0) is 12.1 Å². The summed E-state index contributed by atoms with van der Waals surface area (Å²) in [6, 6.07) is 7.24. The second kappa shape index (κ2) is 14.0. The lowest BCUT2D eigenvalue weighted by Crippen LogP contribution is -2.61. The number of rotatable bonds is 10. The Balaban J connectivity index is 1.44. The Bertz CT molecular complexity index is 1550. The molecule has 0 radical (unpaired) electrons. The van der Waals surface area contributed by atoms with E-state index in [1.54, 1.807) is 12.1 Å². The normalized spacial score (nSPS) is 29.7. The summed E-state index contributed by atoms with van der Waals surface area (Å²) < 4.78 is 49.9. The molecule has 3 heterocycles. The maximum absolute atomic E-state index is 13.5. The molecule has 2 fully saturated rings. The van der Waals surface area contributed by atoms with E-state index in [9.17, 15) is 35.4 Å². The van der Waals surface area contributed by atoms with Crippen molar-refractivity contribution in [3.63, 3.8) is 0 Å². The Morgan fingerprint density at radius 2 is 1.41 bits per heavy atom. The van der Waals surface area contributed by atoms with Gasteiger partial charge in [0.2, 0.25) is 12.0 Å². The van der Waals surface area contributed by atoms with Gasteiger partial charge in [0.25, 0.3) is 0 Å². The lowest BCUT2D eigenvalue weighted by molar-refractivity contribution is -0.307. The zero-order valence-corrected chi connectivity index (χ0v) is 25.3. The summed E-state index contributed by atoms with van der Waals surface area (Å²) in [4.78, 5) is 13.5. The van der Waals surface area contributed by atoms with Crippen molar-refractivity contribution in [1.29, 1.82) is 0 Å². The lowest BCUT2D eigenvalue weighted by atomic mass is 9.99. The number of benzene rings is 2. The van der Waals surface area contributed by atoms with Crippen LogP contribution in [0.15, 0.2) is 39.5 Å². The molecule has 2 aliphatic rings. The summed E-state index contributed by atoms with van der Waals surface area (Å²) in [5.74, 6) is 1.23. The van der Waals surface area contributed by atoms with Gasteiger partial charge in [0, 0.05) is 23.8 Å². The standard InChI is InChI=1S/C30H36O16/c1-38-13-7-17-22(14(31)9-16(44-17)12-5-19(39-2)28(41-4)20(6-12)40-3)18(8-13)45-30-27(37)25(35)24(34)21(46-30)11-43-29-26(36)23(33)15(32)10-42-29/h5-9,15,21,23-27,29-30,32-37H,10-11H2,1-4H3/t15-,21-,23+,24-,25+,26-,27-,29+,30-/m1/s1. The van der Waals surface area contributed by atoms with E-state index >= 15 is 0 Å². The molecule has 0 saturated carbocycles. The average molecular weight is 653 g/mol. The fourth-order valence-corrected chi connectivity index (χ4v) is 5.20. The number of ether oxygens (including phenoxy) is 8. The number of aliphatic hydroxyl groups is 6. The van der Waals surface area contributed by atoms with Crippen molar-refractivity contribution in [3.05, 3.63) is 40.6 Å². The van der Waals surface area contributed by atoms with Gasteiger partial charge in [-0.1, -0.05) is 0 Å². The molecule has 0 unspecified atom stereocenters. The number of aliphatic hydroxyl groups excluding tert-OH is 6. The Kier molecular flexibility index (Phi) is 10.2. The molecule has 252 valence electrons. The van der Waals surface area contributed by atoms with E-state index in [1.807, 2.05) is 0 Å². The number of hydrogen-bond acceptors (Lipinski definition) is 16. The van der Waals surface area contributed by atoms with Crippen LogP contribution in [0.5, 0.6) is 28.7 Å². The van der Waals surface area contributed by atoms with Crippen molar-refractivity contribution in [2.45, 2.75) is 55.3 Å². The maximum atomic E-state index is 13.5. The summed E-state index contributed by atoms with van der Waals surface area (Å²) in [5.41, 5.74) is -0.0722. The molecule has 0 amide bonds. The van der Waals surface area contributed by atoms with E-state index in [0.717, 1.165) is 0 Å². The zero-order chi connectivity index (χ0) is 33.3. The van der Waals surface area contributed by atoms with Gasteiger partial charge in [-0.3, -0.25) is 4.79 Å². The van der Waals surface area contributed by atoms with E-state index in [4.69, 9.17) is 42.3 Å². The summed E-state index contributed by atoms with van der Waals surface area (Å²) in [6.07, 6.45) is -14.1. The van der Waals surface area contributed by atoms with E-state index in [2.05, 4.69) is 0 Å². The van der Waals surface area contributed by atoms with Crippen molar-refractivity contribution < 1.29 is 73.0 Å². The minimum Gasteiger partial charge on any atom is -0.496 e. The molecule has 3 aromatic rings. The SMILES string of the molecule is COc1cc(O[C@@H]2O[C@H](CO[C@@H]3OC[C@@H](O)[C@H](O)[C@H]3O)[C@@H](O)[C@H](O)[C@H]2O)c2c(=O)cc(-c3cc(OC)c(OC)c(OC)c3)oc2c1. The predicted octanol–water partition coefficient (Wildman–Crippen LogP) is -0.864. The maximum Gasteiger partial charge on any atom is 0.229 e. The Morgan fingerprint density at radius 1 is 0.739 bits per heavy atom. The average Bonchev–Trinajstić information content (AvgIpc) is 3.06. The van der Waals surface area contributed by atoms with Crippen LogP contribution in [-0.2, 0) is 14.2 Å². The quantitative estimate of drug-likeness (QED) is 0.157. The highest BCUT2D eigenvalue weighted by Crippen LogP contribution is 2.42. The Morgan fingerprint density at radius 3 is 2.04 bits per heavy atom. The third kappa shape index (κ3) is 6.44. The van der Waals surface area contributed by atoms with Crippen LogP contribution in [-0.4, -0.2) is 128 Å². The molecule has 2 saturated heterocycles. The van der Waals surface area contributed by atoms with Crippen molar-refractivity contribution in [3.8, 4) is 40.1 Å². The predicted molar refractivity (Wildman–Crippen MR) is 155 cm³/mol. The van der Waals surface area contributed by atoms with Crippen LogP contribution in [0.4, 0.5) is 0 Å². The van der Waals surface area contributed by atoms with Crippen LogP contribution in [0.25, 0.3) is 22.3 Å².